The van der Waals surface area contributed by atoms with Crippen molar-refractivity contribution in [2.45, 2.75) is 31.4 Å². The van der Waals surface area contributed by atoms with Gasteiger partial charge in [0.05, 0.1) is 12.1 Å². The van der Waals surface area contributed by atoms with Gasteiger partial charge in [0.2, 0.25) is 0 Å². The first-order valence-corrected chi connectivity index (χ1v) is 10.5. The molecule has 2 aliphatic heterocycles. The Labute approximate surface area is 166 Å². The van der Waals surface area contributed by atoms with E-state index in [0.717, 1.165) is 51.1 Å². The number of benzene rings is 1. The predicted molar refractivity (Wildman–Crippen MR) is 106 cm³/mol. The quantitative estimate of drug-likeness (QED) is 0.729. The zero-order valence-corrected chi connectivity index (χ0v) is 16.3. The third-order valence-corrected chi connectivity index (χ3v) is 6.14. The summed E-state index contributed by atoms with van der Waals surface area (Å²) in [4.78, 5) is 17.5. The molecule has 1 aliphatic carbocycles. The molecule has 0 bridgehead atoms. The topological polar surface area (TPSA) is 55.8 Å². The van der Waals surface area contributed by atoms with Gasteiger partial charge in [-0.05, 0) is 30.9 Å². The van der Waals surface area contributed by atoms with Gasteiger partial charge in [0.1, 0.15) is 5.82 Å². The Morgan fingerprint density at radius 3 is 2.68 bits per heavy atom. The van der Waals surface area contributed by atoms with Crippen molar-refractivity contribution in [3.05, 3.63) is 47.3 Å². The molecule has 0 amide bonds. The van der Waals surface area contributed by atoms with E-state index in [2.05, 4.69) is 21.2 Å². The van der Waals surface area contributed by atoms with Crippen LogP contribution in [0.2, 0.25) is 0 Å². The molecule has 2 unspecified atom stereocenters. The lowest BCUT2D eigenvalue weighted by molar-refractivity contribution is -0.126. The lowest BCUT2D eigenvalue weighted by atomic mass is 9.92. The fraction of sp³-hybridized carbons (Fsp3) is 0.591. The van der Waals surface area contributed by atoms with Crippen LogP contribution in [0.3, 0.4) is 0 Å². The van der Waals surface area contributed by atoms with Crippen molar-refractivity contribution in [1.29, 1.82) is 0 Å². The van der Waals surface area contributed by atoms with Crippen molar-refractivity contribution in [3.8, 4) is 0 Å². The summed E-state index contributed by atoms with van der Waals surface area (Å²) in [5, 5.41) is 13.8. The molecule has 0 spiro atoms. The number of hydrogen-bond donors (Lipinski definition) is 2. The minimum Gasteiger partial charge on any atom is -0.389 e. The third-order valence-electron chi connectivity index (χ3n) is 6.14. The lowest BCUT2D eigenvalue weighted by Crippen LogP contribution is -2.45. The number of likely N-dealkylation sites (tertiary alicyclic amines) is 1. The molecular weight excluding hydrogens is 357 g/mol. The zero-order chi connectivity index (χ0) is 19.5. The molecule has 2 atom stereocenters. The number of ketones is 1. The maximum atomic E-state index is 14.5. The number of Topliss-reactive ketones (excluding diaryl/α,β-unsaturated/α-hetero) is 1. The van der Waals surface area contributed by atoms with Crippen LogP contribution in [-0.2, 0) is 4.79 Å². The highest BCUT2D eigenvalue weighted by atomic mass is 19.1. The molecule has 152 valence electrons. The Hall–Kier alpha value is -1.60. The summed E-state index contributed by atoms with van der Waals surface area (Å²) in [5.41, 5.74) is 1.42. The van der Waals surface area contributed by atoms with E-state index < -0.39 is 12.1 Å². The van der Waals surface area contributed by atoms with Gasteiger partial charge in [-0.15, -0.1) is 0 Å². The normalized spacial score (nSPS) is 27.1. The van der Waals surface area contributed by atoms with Crippen molar-refractivity contribution in [1.82, 2.24) is 15.1 Å². The summed E-state index contributed by atoms with van der Waals surface area (Å²) in [6.07, 6.45) is 4.03. The smallest absolute Gasteiger partial charge is 0.157 e. The summed E-state index contributed by atoms with van der Waals surface area (Å²) in [6, 6.07) is 6.07. The van der Waals surface area contributed by atoms with E-state index in [-0.39, 0.29) is 17.5 Å². The maximum absolute atomic E-state index is 14.5. The number of nitrogens with zero attached hydrogens (tertiary/aromatic N) is 2. The highest BCUT2D eigenvalue weighted by molar-refractivity contribution is 5.89. The van der Waals surface area contributed by atoms with Gasteiger partial charge in [0.15, 0.2) is 5.78 Å². The Morgan fingerprint density at radius 1 is 1.21 bits per heavy atom. The van der Waals surface area contributed by atoms with Gasteiger partial charge in [0, 0.05) is 57.3 Å². The highest BCUT2D eigenvalue weighted by Gasteiger charge is 2.40. The second-order valence-electron chi connectivity index (χ2n) is 8.21. The molecule has 2 saturated heterocycles. The van der Waals surface area contributed by atoms with E-state index in [4.69, 9.17) is 0 Å². The number of nitrogens with one attached hydrogen (secondary N) is 1. The summed E-state index contributed by atoms with van der Waals surface area (Å²) in [6.45, 7) is 5.91. The van der Waals surface area contributed by atoms with Gasteiger partial charge in [0.25, 0.3) is 0 Å². The molecule has 0 aromatic heterocycles. The molecule has 1 aromatic carbocycles. The third kappa shape index (κ3) is 4.51. The minimum atomic E-state index is -0.552. The minimum absolute atomic E-state index is 0.0599. The fourth-order valence-electron chi connectivity index (χ4n) is 4.27. The van der Waals surface area contributed by atoms with Crippen LogP contribution in [0.4, 0.5) is 4.39 Å². The molecule has 2 N–H and O–H groups in total. The number of piperidine rings is 1. The number of aliphatic hydroxyl groups excluding tert-OH is 1. The predicted octanol–water partition coefficient (Wildman–Crippen LogP) is 1.74. The van der Waals surface area contributed by atoms with Crippen LogP contribution in [0.5, 0.6) is 0 Å². The molecule has 2 heterocycles. The summed E-state index contributed by atoms with van der Waals surface area (Å²) in [5.74, 6) is -0.133. The zero-order valence-electron chi connectivity index (χ0n) is 16.3. The average molecular weight is 387 g/mol. The van der Waals surface area contributed by atoms with Gasteiger partial charge >= 0.3 is 0 Å². The average Bonchev–Trinajstić information content (AvgIpc) is 3.56. The molecule has 5 nitrogen and oxygen atoms in total. The van der Waals surface area contributed by atoms with Crippen LogP contribution in [0.15, 0.2) is 35.9 Å². The van der Waals surface area contributed by atoms with E-state index in [0.29, 0.717) is 25.1 Å². The van der Waals surface area contributed by atoms with Gasteiger partial charge in [-0.1, -0.05) is 24.3 Å². The van der Waals surface area contributed by atoms with Crippen molar-refractivity contribution < 1.29 is 14.3 Å². The summed E-state index contributed by atoms with van der Waals surface area (Å²) >= 11 is 0. The Morgan fingerprint density at radius 2 is 1.96 bits per heavy atom. The molecule has 4 rings (SSSR count). The molecule has 1 saturated carbocycles. The number of carbonyl (C=O) groups is 1. The first-order chi connectivity index (χ1) is 13.6. The Kier molecular flexibility index (Phi) is 6.21. The van der Waals surface area contributed by atoms with Crippen LogP contribution in [0.1, 0.15) is 30.9 Å². The van der Waals surface area contributed by atoms with Gasteiger partial charge in [-0.3, -0.25) is 14.6 Å². The lowest BCUT2D eigenvalue weighted by Gasteiger charge is -2.38. The van der Waals surface area contributed by atoms with Crippen LogP contribution >= 0.6 is 0 Å². The SMILES string of the molecule is O=C(C1CC1)C(c1ccccc1F)N1CCC(O)/C(=C\CN2CCNCC2)C1. The summed E-state index contributed by atoms with van der Waals surface area (Å²) < 4.78 is 14.5. The standard InChI is InChI=1S/C22H30FN3O2/c23-19-4-2-1-3-18(19)21(22(28)16-5-6-16)26-12-8-20(27)17(15-26)7-11-25-13-9-24-10-14-25/h1-4,7,16,20-21,24,27H,5-6,8-15H2/b17-7-. The first kappa shape index (κ1) is 19.7. The number of aliphatic hydroxyl groups is 1. The van der Waals surface area contributed by atoms with E-state index in [1.54, 1.807) is 18.2 Å². The molecule has 6 heteroatoms. The van der Waals surface area contributed by atoms with Crippen LogP contribution in [0, 0.1) is 11.7 Å². The van der Waals surface area contributed by atoms with Gasteiger partial charge in [-0.2, -0.15) is 0 Å². The second kappa shape index (κ2) is 8.82. The molecular formula is C22H30FN3O2. The van der Waals surface area contributed by atoms with Crippen LogP contribution in [0.25, 0.3) is 0 Å². The molecule has 3 aliphatic rings. The van der Waals surface area contributed by atoms with E-state index >= 15 is 0 Å². The number of piperazine rings is 1. The molecule has 28 heavy (non-hydrogen) atoms. The molecule has 0 radical (unpaired) electrons. The number of rotatable bonds is 6. The van der Waals surface area contributed by atoms with Crippen molar-refractivity contribution in [3.63, 3.8) is 0 Å². The van der Waals surface area contributed by atoms with Crippen LogP contribution < -0.4 is 5.32 Å². The Bertz CT molecular complexity index is 728. The maximum Gasteiger partial charge on any atom is 0.157 e. The number of hydrogen-bond acceptors (Lipinski definition) is 5. The fourth-order valence-corrected chi connectivity index (χ4v) is 4.27. The van der Waals surface area contributed by atoms with E-state index in [1.165, 1.54) is 6.07 Å². The van der Waals surface area contributed by atoms with Crippen molar-refractivity contribution in [2.24, 2.45) is 5.92 Å². The number of halogens is 1. The van der Waals surface area contributed by atoms with E-state index in [1.807, 2.05) is 0 Å². The second-order valence-corrected chi connectivity index (χ2v) is 8.21. The molecule has 3 fully saturated rings. The Balaban J connectivity index is 1.53. The first-order valence-electron chi connectivity index (χ1n) is 10.5. The molecule has 1 aromatic rings. The van der Waals surface area contributed by atoms with Crippen molar-refractivity contribution >= 4 is 5.78 Å². The van der Waals surface area contributed by atoms with Crippen molar-refractivity contribution in [2.75, 3.05) is 45.8 Å². The van der Waals surface area contributed by atoms with Crippen LogP contribution in [-0.4, -0.2) is 72.6 Å². The van der Waals surface area contributed by atoms with Gasteiger partial charge in [-0.25, -0.2) is 4.39 Å². The summed E-state index contributed by atoms with van der Waals surface area (Å²) in [7, 11) is 0. The largest absolute Gasteiger partial charge is 0.389 e. The highest BCUT2D eigenvalue weighted by Crippen LogP contribution is 2.39. The monoisotopic (exact) mass is 387 g/mol. The van der Waals surface area contributed by atoms with Gasteiger partial charge < -0.3 is 10.4 Å². The van der Waals surface area contributed by atoms with E-state index in [9.17, 15) is 14.3 Å². The number of carbonyl (C=O) groups excluding carboxylic acids is 1.